The van der Waals surface area contributed by atoms with Crippen LogP contribution in [0.15, 0.2) is 71.2 Å². The van der Waals surface area contributed by atoms with E-state index in [2.05, 4.69) is 32.1 Å². The minimum Gasteiger partial charge on any atom is -0.493 e. The van der Waals surface area contributed by atoms with Gasteiger partial charge in [0.2, 0.25) is 0 Å². The molecule has 0 spiro atoms. The van der Waals surface area contributed by atoms with Gasteiger partial charge in [-0.15, -0.1) is 0 Å². The fraction of sp³-hybridized carbons (Fsp3) is 0.125. The smallest absolute Gasteiger partial charge is 0.273 e. The number of rotatable bonds is 6. The van der Waals surface area contributed by atoms with E-state index in [0.29, 0.717) is 33.6 Å². The van der Waals surface area contributed by atoms with Gasteiger partial charge in [-0.2, -0.15) is 0 Å². The van der Waals surface area contributed by atoms with Gasteiger partial charge in [0.25, 0.3) is 17.7 Å². The number of nitrogens with one attached hydrogen (secondary N) is 3. The molecule has 0 atom stereocenters. The Labute approximate surface area is 194 Å². The van der Waals surface area contributed by atoms with Crippen molar-refractivity contribution in [2.24, 2.45) is 0 Å². The zero-order chi connectivity index (χ0) is 23.1. The first-order valence-electron chi connectivity index (χ1n) is 9.89. The van der Waals surface area contributed by atoms with Crippen LogP contribution in [0, 0.1) is 6.92 Å². The van der Waals surface area contributed by atoms with Crippen LogP contribution >= 0.6 is 15.9 Å². The Hall–Kier alpha value is -3.65. The van der Waals surface area contributed by atoms with Gasteiger partial charge >= 0.3 is 0 Å². The molecule has 0 aliphatic carbocycles. The first kappa shape index (κ1) is 23.0. The lowest BCUT2D eigenvalue weighted by atomic mass is 10.1. The molecule has 0 fully saturated rings. The molecule has 7 nitrogen and oxygen atoms in total. The maximum atomic E-state index is 12.5. The highest BCUT2D eigenvalue weighted by molar-refractivity contribution is 9.10. The van der Waals surface area contributed by atoms with Crippen molar-refractivity contribution in [1.29, 1.82) is 0 Å². The summed E-state index contributed by atoms with van der Waals surface area (Å²) in [5, 5.41) is 2.80. The van der Waals surface area contributed by atoms with Crippen molar-refractivity contribution >= 4 is 39.3 Å². The van der Waals surface area contributed by atoms with Crippen molar-refractivity contribution in [2.45, 2.75) is 13.8 Å². The number of aryl methyl sites for hydroxylation is 1. The SMILES string of the molecule is CCOc1ccc(Br)cc1C(=O)NNC(=O)c1ccc(NC(=O)c2ccccc2C)cc1. The molecule has 0 aliphatic heterocycles. The maximum Gasteiger partial charge on any atom is 0.273 e. The number of anilines is 1. The summed E-state index contributed by atoms with van der Waals surface area (Å²) in [6.07, 6.45) is 0. The second-order valence-corrected chi connectivity index (χ2v) is 7.74. The number of hydrogen-bond acceptors (Lipinski definition) is 4. The van der Waals surface area contributed by atoms with Gasteiger partial charge in [-0.25, -0.2) is 0 Å². The summed E-state index contributed by atoms with van der Waals surface area (Å²) in [5.74, 6) is -0.823. The van der Waals surface area contributed by atoms with Crippen molar-refractivity contribution in [3.05, 3.63) is 93.5 Å². The van der Waals surface area contributed by atoms with Crippen molar-refractivity contribution in [2.75, 3.05) is 11.9 Å². The summed E-state index contributed by atoms with van der Waals surface area (Å²) in [5.41, 5.74) is 7.38. The topological polar surface area (TPSA) is 96.5 Å². The van der Waals surface area contributed by atoms with Crippen molar-refractivity contribution in [3.8, 4) is 5.75 Å². The van der Waals surface area contributed by atoms with E-state index in [1.54, 1.807) is 54.6 Å². The van der Waals surface area contributed by atoms with E-state index >= 15 is 0 Å². The molecule has 8 heteroatoms. The summed E-state index contributed by atoms with van der Waals surface area (Å²) in [7, 11) is 0. The summed E-state index contributed by atoms with van der Waals surface area (Å²) in [6.45, 7) is 4.09. The quantitative estimate of drug-likeness (QED) is 0.439. The van der Waals surface area contributed by atoms with Gasteiger partial charge in [0.05, 0.1) is 12.2 Å². The first-order chi connectivity index (χ1) is 15.4. The van der Waals surface area contributed by atoms with E-state index in [9.17, 15) is 14.4 Å². The third-order valence-corrected chi connectivity index (χ3v) is 5.06. The van der Waals surface area contributed by atoms with Gasteiger partial charge in [-0.1, -0.05) is 34.1 Å². The molecule has 3 aromatic rings. The molecule has 3 amide bonds. The largest absolute Gasteiger partial charge is 0.493 e. The number of carbonyl (C=O) groups excluding carboxylic acids is 3. The van der Waals surface area contributed by atoms with Crippen molar-refractivity contribution in [3.63, 3.8) is 0 Å². The molecule has 0 aromatic heterocycles. The standard InChI is InChI=1S/C24H22BrN3O4/c1-3-32-21-13-10-17(25)14-20(21)24(31)28-27-22(29)16-8-11-18(12-9-16)26-23(30)19-7-5-4-6-15(19)2/h4-14H,3H2,1-2H3,(H,26,30)(H,27,29)(H,28,31). The lowest BCUT2D eigenvalue weighted by molar-refractivity contribution is 0.0844. The predicted octanol–water partition coefficient (Wildman–Crippen LogP) is 4.48. The van der Waals surface area contributed by atoms with E-state index in [1.165, 1.54) is 0 Å². The van der Waals surface area contributed by atoms with Crippen molar-refractivity contribution < 1.29 is 19.1 Å². The lowest BCUT2D eigenvalue weighted by Crippen LogP contribution is -2.41. The minimum absolute atomic E-state index is 0.230. The Morgan fingerprint density at radius 3 is 2.22 bits per heavy atom. The van der Waals surface area contributed by atoms with Crippen LogP contribution in [0.4, 0.5) is 5.69 Å². The first-order valence-corrected chi connectivity index (χ1v) is 10.7. The van der Waals surface area contributed by atoms with Crippen molar-refractivity contribution in [1.82, 2.24) is 10.9 Å². The Balaban J connectivity index is 1.61. The fourth-order valence-electron chi connectivity index (χ4n) is 2.95. The highest BCUT2D eigenvalue weighted by atomic mass is 79.9. The number of ether oxygens (including phenoxy) is 1. The molecule has 3 rings (SSSR count). The second-order valence-electron chi connectivity index (χ2n) is 6.83. The van der Waals surface area contributed by atoms with E-state index < -0.39 is 11.8 Å². The van der Waals surface area contributed by atoms with Crippen LogP contribution in [-0.4, -0.2) is 24.3 Å². The molecular weight excluding hydrogens is 474 g/mol. The predicted molar refractivity (Wildman–Crippen MR) is 126 cm³/mol. The summed E-state index contributed by atoms with van der Waals surface area (Å²) < 4.78 is 6.17. The summed E-state index contributed by atoms with van der Waals surface area (Å²) in [4.78, 5) is 37.3. The van der Waals surface area contributed by atoms with E-state index in [0.717, 1.165) is 5.56 Å². The lowest BCUT2D eigenvalue weighted by Gasteiger charge is -2.12. The number of carbonyl (C=O) groups is 3. The van der Waals surface area contributed by atoms with Gasteiger partial charge in [0.15, 0.2) is 0 Å². The molecule has 0 bridgehead atoms. The monoisotopic (exact) mass is 495 g/mol. The zero-order valence-electron chi connectivity index (χ0n) is 17.6. The number of benzene rings is 3. The third-order valence-electron chi connectivity index (χ3n) is 4.57. The molecule has 3 N–H and O–H groups in total. The molecule has 3 aromatic carbocycles. The Morgan fingerprint density at radius 2 is 1.53 bits per heavy atom. The minimum atomic E-state index is -0.509. The van der Waals surface area contributed by atoms with Gasteiger partial charge in [-0.3, -0.25) is 25.2 Å². The number of hydrogen-bond donors (Lipinski definition) is 3. The zero-order valence-corrected chi connectivity index (χ0v) is 19.2. The van der Waals surface area contributed by atoms with Crippen LogP contribution < -0.4 is 20.9 Å². The van der Waals surface area contributed by atoms with Crippen LogP contribution in [0.5, 0.6) is 5.75 Å². The van der Waals surface area contributed by atoms with Crippen LogP contribution in [0.25, 0.3) is 0 Å². The van der Waals surface area contributed by atoms with Gasteiger partial charge in [0.1, 0.15) is 5.75 Å². The number of hydrazine groups is 1. The average Bonchev–Trinajstić information content (AvgIpc) is 2.79. The highest BCUT2D eigenvalue weighted by Crippen LogP contribution is 2.23. The van der Waals surface area contributed by atoms with Gasteiger partial charge < -0.3 is 10.1 Å². The summed E-state index contributed by atoms with van der Waals surface area (Å²) >= 11 is 3.32. The van der Waals surface area contributed by atoms with Crippen LogP contribution in [0.2, 0.25) is 0 Å². The second kappa shape index (κ2) is 10.6. The van der Waals surface area contributed by atoms with Crippen LogP contribution in [0.3, 0.4) is 0 Å². The van der Waals surface area contributed by atoms with E-state index in [1.807, 2.05) is 26.0 Å². The fourth-order valence-corrected chi connectivity index (χ4v) is 3.31. The van der Waals surface area contributed by atoms with E-state index in [4.69, 9.17) is 4.74 Å². The highest BCUT2D eigenvalue weighted by Gasteiger charge is 2.15. The number of halogens is 1. The molecule has 0 aliphatic rings. The summed E-state index contributed by atoms with van der Waals surface area (Å²) in [6, 6.07) is 18.7. The molecule has 0 saturated heterocycles. The molecule has 0 radical (unpaired) electrons. The van der Waals surface area contributed by atoms with E-state index in [-0.39, 0.29) is 11.5 Å². The normalized spacial score (nSPS) is 10.2. The van der Waals surface area contributed by atoms with Gasteiger partial charge in [-0.05, 0) is 67.9 Å². The molecule has 32 heavy (non-hydrogen) atoms. The number of amides is 3. The van der Waals surface area contributed by atoms with Crippen LogP contribution in [-0.2, 0) is 0 Å². The molecule has 0 unspecified atom stereocenters. The Morgan fingerprint density at radius 1 is 0.844 bits per heavy atom. The Bertz CT molecular complexity index is 1150. The third kappa shape index (κ3) is 5.73. The van der Waals surface area contributed by atoms with Gasteiger partial charge in [0, 0.05) is 21.3 Å². The average molecular weight is 496 g/mol. The van der Waals surface area contributed by atoms with Crippen LogP contribution in [0.1, 0.15) is 43.6 Å². The maximum absolute atomic E-state index is 12.5. The molecular formula is C24H22BrN3O4. The molecule has 0 saturated carbocycles. The Kier molecular flexibility index (Phi) is 7.62. The molecule has 0 heterocycles. The molecule has 164 valence electrons.